The van der Waals surface area contributed by atoms with Gasteiger partial charge in [-0.3, -0.25) is 9.59 Å². The molecule has 0 heterocycles. The molecule has 1 amide bonds. The average molecular weight is 216 g/mol. The van der Waals surface area contributed by atoms with Gasteiger partial charge in [0.05, 0.1) is 5.41 Å². The van der Waals surface area contributed by atoms with E-state index >= 15 is 0 Å². The zero-order valence-electron chi connectivity index (χ0n) is 9.83. The van der Waals surface area contributed by atoms with Crippen molar-refractivity contribution >= 4 is 11.9 Å². The van der Waals surface area contributed by atoms with E-state index in [0.29, 0.717) is 19.5 Å². The first-order valence-electron chi connectivity index (χ1n) is 4.92. The van der Waals surface area contributed by atoms with Gasteiger partial charge in [-0.15, -0.1) is 0 Å². The molecule has 0 unspecified atom stereocenters. The first kappa shape index (κ1) is 13.9. The lowest BCUT2D eigenvalue weighted by atomic mass is 9.93. The van der Waals surface area contributed by atoms with E-state index in [1.807, 2.05) is 11.9 Å². The number of carboxylic acids is 1. The Morgan fingerprint density at radius 1 is 1.40 bits per heavy atom. The summed E-state index contributed by atoms with van der Waals surface area (Å²) >= 11 is 0. The van der Waals surface area contributed by atoms with Crippen LogP contribution in [0.4, 0.5) is 0 Å². The fourth-order valence-corrected chi connectivity index (χ4v) is 1.24. The van der Waals surface area contributed by atoms with E-state index < -0.39 is 11.4 Å². The lowest BCUT2D eigenvalue weighted by Crippen LogP contribution is -2.38. The van der Waals surface area contributed by atoms with Crippen LogP contribution in [0, 0.1) is 5.41 Å². The second kappa shape index (κ2) is 5.70. The maximum absolute atomic E-state index is 11.0. The smallest absolute Gasteiger partial charge is 0.310 e. The zero-order valence-corrected chi connectivity index (χ0v) is 9.83. The van der Waals surface area contributed by atoms with Gasteiger partial charge in [0.15, 0.2) is 0 Å². The molecule has 88 valence electrons. The van der Waals surface area contributed by atoms with E-state index in [0.717, 1.165) is 0 Å². The second-order valence-electron chi connectivity index (χ2n) is 4.35. The van der Waals surface area contributed by atoms with Crippen LogP contribution in [0.1, 0.15) is 20.3 Å². The number of carbonyl (C=O) groups is 2. The normalized spacial score (nSPS) is 11.5. The molecule has 0 aromatic rings. The number of rotatable bonds is 6. The number of nitrogens with zero attached hydrogens (tertiary/aromatic N) is 1. The molecule has 0 aromatic heterocycles. The summed E-state index contributed by atoms with van der Waals surface area (Å²) in [6.07, 6.45) is 0.392. The Kier molecular flexibility index (Phi) is 5.28. The second-order valence-corrected chi connectivity index (χ2v) is 4.35. The van der Waals surface area contributed by atoms with Crippen LogP contribution in [0.15, 0.2) is 0 Å². The van der Waals surface area contributed by atoms with Gasteiger partial charge in [-0.1, -0.05) is 0 Å². The minimum atomic E-state index is -0.825. The fraction of sp³-hybridized carbons (Fsp3) is 0.800. The van der Waals surface area contributed by atoms with Crippen molar-refractivity contribution in [1.82, 2.24) is 10.2 Å². The fourth-order valence-electron chi connectivity index (χ4n) is 1.24. The highest BCUT2D eigenvalue weighted by molar-refractivity contribution is 5.75. The molecule has 0 rings (SSSR count). The summed E-state index contributed by atoms with van der Waals surface area (Å²) in [5.41, 5.74) is -0.780. The molecule has 2 N–H and O–H groups in total. The standard InChI is InChI=1S/C10H20N2O3/c1-10(2,9(14)15)7-12(4)6-5-8(13)11-3/h5-7H2,1-4H3,(H,11,13)(H,14,15). The number of carbonyl (C=O) groups excluding carboxylic acids is 1. The highest BCUT2D eigenvalue weighted by atomic mass is 16.4. The first-order valence-corrected chi connectivity index (χ1v) is 4.92. The Balaban J connectivity index is 3.98. The van der Waals surface area contributed by atoms with Gasteiger partial charge in [0.1, 0.15) is 0 Å². The van der Waals surface area contributed by atoms with Gasteiger partial charge in [0.25, 0.3) is 0 Å². The number of amides is 1. The van der Waals surface area contributed by atoms with E-state index in [1.54, 1.807) is 20.9 Å². The van der Waals surface area contributed by atoms with Crippen LogP contribution in [0.25, 0.3) is 0 Å². The summed E-state index contributed by atoms with van der Waals surface area (Å²) in [5.74, 6) is -0.857. The summed E-state index contributed by atoms with van der Waals surface area (Å²) in [6.45, 7) is 4.34. The molecule has 5 nitrogen and oxygen atoms in total. The predicted octanol–water partition coefficient (Wildman–Crippen LogP) is 0.165. The van der Waals surface area contributed by atoms with Crippen LogP contribution in [0.3, 0.4) is 0 Å². The molecule has 5 heteroatoms. The first-order chi connectivity index (χ1) is 6.79. The number of carboxylic acid groups (broad SMARTS) is 1. The molecule has 0 saturated heterocycles. The third-order valence-electron chi connectivity index (χ3n) is 2.24. The SMILES string of the molecule is CNC(=O)CCN(C)CC(C)(C)C(=O)O. The largest absolute Gasteiger partial charge is 0.481 e. The summed E-state index contributed by atoms with van der Waals surface area (Å²) in [4.78, 5) is 23.7. The predicted molar refractivity (Wildman–Crippen MR) is 57.6 cm³/mol. The molecule has 0 aliphatic rings. The average Bonchev–Trinajstić information content (AvgIpc) is 2.13. The summed E-state index contributed by atoms with van der Waals surface area (Å²) in [7, 11) is 3.40. The molecule has 0 aliphatic carbocycles. The Morgan fingerprint density at radius 2 is 1.93 bits per heavy atom. The van der Waals surface area contributed by atoms with Crippen molar-refractivity contribution in [3.63, 3.8) is 0 Å². The van der Waals surface area contributed by atoms with Crippen molar-refractivity contribution < 1.29 is 14.7 Å². The Labute approximate surface area is 90.5 Å². The minimum absolute atomic E-state index is 0.0324. The van der Waals surface area contributed by atoms with Crippen molar-refractivity contribution in [2.45, 2.75) is 20.3 Å². The van der Waals surface area contributed by atoms with Crippen LogP contribution < -0.4 is 5.32 Å². The molecule has 0 saturated carbocycles. The minimum Gasteiger partial charge on any atom is -0.481 e. The number of aliphatic carboxylic acids is 1. The topological polar surface area (TPSA) is 69.6 Å². The number of nitrogens with one attached hydrogen (secondary N) is 1. The Bertz CT molecular complexity index is 239. The van der Waals surface area contributed by atoms with Gasteiger partial charge >= 0.3 is 5.97 Å². The molecular formula is C10H20N2O3. The van der Waals surface area contributed by atoms with Gasteiger partial charge in [-0.2, -0.15) is 0 Å². The van der Waals surface area contributed by atoms with E-state index in [1.165, 1.54) is 0 Å². The van der Waals surface area contributed by atoms with Gasteiger partial charge in [-0.25, -0.2) is 0 Å². The molecule has 0 radical (unpaired) electrons. The lowest BCUT2D eigenvalue weighted by Gasteiger charge is -2.26. The van der Waals surface area contributed by atoms with Crippen molar-refractivity contribution in [2.75, 3.05) is 27.2 Å². The van der Waals surface area contributed by atoms with Crippen LogP contribution in [-0.2, 0) is 9.59 Å². The molecule has 0 atom stereocenters. The summed E-state index contributed by atoms with van der Waals surface area (Å²) < 4.78 is 0. The van der Waals surface area contributed by atoms with E-state index in [9.17, 15) is 9.59 Å². The summed E-state index contributed by atoms with van der Waals surface area (Å²) in [6, 6.07) is 0. The van der Waals surface area contributed by atoms with Gasteiger partial charge < -0.3 is 15.3 Å². The number of hydrogen-bond donors (Lipinski definition) is 2. The molecule has 0 spiro atoms. The van der Waals surface area contributed by atoms with Crippen LogP contribution in [0.2, 0.25) is 0 Å². The lowest BCUT2D eigenvalue weighted by molar-refractivity contribution is -0.147. The third kappa shape index (κ3) is 5.37. The van der Waals surface area contributed by atoms with Crippen molar-refractivity contribution in [1.29, 1.82) is 0 Å². The van der Waals surface area contributed by atoms with Crippen molar-refractivity contribution in [3.8, 4) is 0 Å². The maximum atomic E-state index is 11.0. The monoisotopic (exact) mass is 216 g/mol. The van der Waals surface area contributed by atoms with Crippen LogP contribution in [0.5, 0.6) is 0 Å². The van der Waals surface area contributed by atoms with Crippen molar-refractivity contribution in [2.24, 2.45) is 5.41 Å². The van der Waals surface area contributed by atoms with Gasteiger partial charge in [0.2, 0.25) is 5.91 Å². The van der Waals surface area contributed by atoms with E-state index in [2.05, 4.69) is 5.32 Å². The van der Waals surface area contributed by atoms with Gasteiger partial charge in [0, 0.05) is 26.6 Å². The quantitative estimate of drug-likeness (QED) is 0.664. The molecular weight excluding hydrogens is 196 g/mol. The Morgan fingerprint density at radius 3 is 2.33 bits per heavy atom. The van der Waals surface area contributed by atoms with Crippen LogP contribution >= 0.6 is 0 Å². The molecule has 0 aliphatic heterocycles. The Hall–Kier alpha value is -1.10. The van der Waals surface area contributed by atoms with E-state index in [4.69, 9.17) is 5.11 Å². The van der Waals surface area contributed by atoms with Crippen molar-refractivity contribution in [3.05, 3.63) is 0 Å². The molecule has 0 bridgehead atoms. The maximum Gasteiger partial charge on any atom is 0.310 e. The highest BCUT2D eigenvalue weighted by Crippen LogP contribution is 2.16. The third-order valence-corrected chi connectivity index (χ3v) is 2.24. The summed E-state index contributed by atoms with van der Waals surface area (Å²) in [5, 5.41) is 11.4. The number of hydrogen-bond acceptors (Lipinski definition) is 3. The molecule has 15 heavy (non-hydrogen) atoms. The van der Waals surface area contributed by atoms with Crippen LogP contribution in [-0.4, -0.2) is 49.1 Å². The zero-order chi connectivity index (χ0) is 12.1. The molecule has 0 fully saturated rings. The van der Waals surface area contributed by atoms with Gasteiger partial charge in [-0.05, 0) is 20.9 Å². The highest BCUT2D eigenvalue weighted by Gasteiger charge is 2.28. The van der Waals surface area contributed by atoms with E-state index in [-0.39, 0.29) is 5.91 Å². The molecule has 0 aromatic carbocycles.